The molecule has 0 N–H and O–H groups in total. The fraction of sp³-hybridized carbons (Fsp3) is 0.609. The van der Waals surface area contributed by atoms with Gasteiger partial charge in [0.05, 0.1) is 12.6 Å². The minimum atomic E-state index is -5.84. The second-order valence-corrected chi connectivity index (χ2v) is 16.3. The Morgan fingerprint density at radius 1 is 1.14 bits per heavy atom. The third kappa shape index (κ3) is 7.47. The van der Waals surface area contributed by atoms with Gasteiger partial charge >= 0.3 is 21.7 Å². The van der Waals surface area contributed by atoms with Gasteiger partial charge in [-0.25, -0.2) is 4.79 Å². The summed E-state index contributed by atoms with van der Waals surface area (Å²) in [5, 5.41) is -0.149. The Hall–Kier alpha value is -2.05. The van der Waals surface area contributed by atoms with Crippen molar-refractivity contribution >= 4 is 24.5 Å². The summed E-state index contributed by atoms with van der Waals surface area (Å²) in [4.78, 5) is 14.4. The smallest absolute Gasteiger partial charge is 0.445 e. The van der Waals surface area contributed by atoms with Gasteiger partial charge in [-0.2, -0.15) is 21.6 Å². The largest absolute Gasteiger partial charge is 0.534 e. The topological polar surface area (TPSA) is 82.1 Å². The summed E-state index contributed by atoms with van der Waals surface area (Å²) in [7, 11) is -8.12. The maximum Gasteiger partial charge on any atom is 0.534 e. The van der Waals surface area contributed by atoms with Crippen molar-refractivity contribution in [3.8, 4) is 0 Å². The van der Waals surface area contributed by atoms with E-state index in [2.05, 4.69) is 4.18 Å². The Morgan fingerprint density at radius 2 is 1.74 bits per heavy atom. The van der Waals surface area contributed by atoms with E-state index in [1.54, 1.807) is 19.1 Å². The first-order valence-electron chi connectivity index (χ1n) is 11.3. The second kappa shape index (κ2) is 10.9. The van der Waals surface area contributed by atoms with Gasteiger partial charge in [-0.3, -0.25) is 4.90 Å². The number of hydrogen-bond donors (Lipinski definition) is 0. The lowest BCUT2D eigenvalue weighted by Gasteiger charge is -2.41. The van der Waals surface area contributed by atoms with E-state index in [9.17, 15) is 26.4 Å². The Kier molecular flexibility index (Phi) is 9.10. The van der Waals surface area contributed by atoms with E-state index in [0.717, 1.165) is 5.56 Å². The van der Waals surface area contributed by atoms with Crippen molar-refractivity contribution < 1.29 is 39.7 Å². The summed E-state index contributed by atoms with van der Waals surface area (Å²) >= 11 is 0. The Labute approximate surface area is 206 Å². The van der Waals surface area contributed by atoms with Crippen molar-refractivity contribution in [1.29, 1.82) is 0 Å². The summed E-state index contributed by atoms with van der Waals surface area (Å²) in [6.45, 7) is 11.7. The summed E-state index contributed by atoms with van der Waals surface area (Å²) in [5.41, 5.74) is -4.51. The van der Waals surface area contributed by atoms with Crippen LogP contribution in [0.1, 0.15) is 46.1 Å². The van der Waals surface area contributed by atoms with Crippen LogP contribution < -0.4 is 0 Å². The monoisotopic (exact) mass is 537 g/mol. The van der Waals surface area contributed by atoms with Gasteiger partial charge in [0.2, 0.25) is 0 Å². The molecular formula is C23H34F3NO6SSi. The SMILES string of the molecule is CCC1=C(OS(=O)(=O)C(F)(F)F)CC(CO[Si](C)(C)C(C)(C)C)N(C(=O)OCc2ccccc2)C1. The third-order valence-corrected chi connectivity index (χ3v) is 11.9. The molecule has 0 aliphatic carbocycles. The fourth-order valence-electron chi connectivity index (χ4n) is 3.16. The summed E-state index contributed by atoms with van der Waals surface area (Å²) in [6.07, 6.45) is -0.712. The standard InChI is InChI=1S/C23H34F3NO6SSi/c1-7-18-14-27(21(28)31-15-17-11-9-8-10-12-17)19(16-32-35(5,6)22(2,3)4)13-20(18)33-34(29,30)23(24,25)26/h8-12,19H,7,13-16H2,1-6H3. The first-order chi connectivity index (χ1) is 16.0. The van der Waals surface area contributed by atoms with Crippen LogP contribution in [0.15, 0.2) is 41.7 Å². The molecule has 0 radical (unpaired) electrons. The van der Waals surface area contributed by atoms with E-state index < -0.39 is 36.1 Å². The fourth-order valence-corrected chi connectivity index (χ4v) is 4.75. The number of ether oxygens (including phenoxy) is 1. The van der Waals surface area contributed by atoms with Crippen LogP contribution in [0.2, 0.25) is 18.1 Å². The molecule has 0 saturated carbocycles. The third-order valence-electron chi connectivity index (χ3n) is 6.42. The molecule has 0 spiro atoms. The molecule has 1 aromatic rings. The molecule has 1 aromatic carbocycles. The highest BCUT2D eigenvalue weighted by molar-refractivity contribution is 7.87. The number of carbonyl (C=O) groups excluding carboxylic acids is 1. The van der Waals surface area contributed by atoms with E-state index in [-0.39, 0.29) is 49.0 Å². The van der Waals surface area contributed by atoms with E-state index in [1.165, 1.54) is 4.90 Å². The Morgan fingerprint density at radius 3 is 2.26 bits per heavy atom. The molecule has 0 fully saturated rings. The van der Waals surface area contributed by atoms with Crippen molar-refractivity contribution in [3.05, 3.63) is 47.2 Å². The lowest BCUT2D eigenvalue weighted by atomic mass is 10.00. The zero-order valence-electron chi connectivity index (χ0n) is 20.9. The molecule has 0 bridgehead atoms. The lowest BCUT2D eigenvalue weighted by molar-refractivity contribution is -0.0528. The zero-order chi connectivity index (χ0) is 26.7. The number of carbonyl (C=O) groups is 1. The van der Waals surface area contributed by atoms with Crippen molar-refractivity contribution in [2.75, 3.05) is 13.2 Å². The van der Waals surface area contributed by atoms with E-state index in [4.69, 9.17) is 9.16 Å². The highest BCUT2D eigenvalue weighted by Gasteiger charge is 2.50. The van der Waals surface area contributed by atoms with E-state index in [0.29, 0.717) is 0 Å². The van der Waals surface area contributed by atoms with Crippen LogP contribution in [0.5, 0.6) is 0 Å². The maximum absolute atomic E-state index is 13.0. The summed E-state index contributed by atoms with van der Waals surface area (Å²) in [5.74, 6) is -0.305. The molecule has 7 nitrogen and oxygen atoms in total. The molecule has 2 rings (SSSR count). The van der Waals surface area contributed by atoms with Crippen molar-refractivity contribution in [1.82, 2.24) is 4.90 Å². The Bertz CT molecular complexity index is 1020. The maximum atomic E-state index is 13.0. The predicted molar refractivity (Wildman–Crippen MR) is 128 cm³/mol. The molecule has 35 heavy (non-hydrogen) atoms. The van der Waals surface area contributed by atoms with Crippen molar-refractivity contribution in [2.45, 2.75) is 76.8 Å². The minimum Gasteiger partial charge on any atom is -0.445 e. The molecule has 198 valence electrons. The van der Waals surface area contributed by atoms with Crippen molar-refractivity contribution in [3.63, 3.8) is 0 Å². The quantitative estimate of drug-likeness (QED) is 0.232. The number of alkyl halides is 3. The van der Waals surface area contributed by atoms with Crippen LogP contribution >= 0.6 is 0 Å². The molecule has 1 amide bonds. The van der Waals surface area contributed by atoms with Crippen LogP contribution in [-0.4, -0.2) is 52.4 Å². The number of amides is 1. The highest BCUT2D eigenvalue weighted by Crippen LogP contribution is 2.38. The van der Waals surface area contributed by atoms with Crippen LogP contribution in [0, 0.1) is 0 Å². The molecule has 12 heteroatoms. The lowest BCUT2D eigenvalue weighted by Crippen LogP contribution is -2.51. The average molecular weight is 538 g/mol. The first-order valence-corrected chi connectivity index (χ1v) is 15.6. The van der Waals surface area contributed by atoms with Gasteiger partial charge in [-0.1, -0.05) is 58.0 Å². The van der Waals surface area contributed by atoms with Crippen LogP contribution in [0.3, 0.4) is 0 Å². The molecular weight excluding hydrogens is 503 g/mol. The molecule has 1 heterocycles. The van der Waals surface area contributed by atoms with Crippen LogP contribution in [0.25, 0.3) is 0 Å². The molecule has 1 aliphatic rings. The van der Waals surface area contributed by atoms with Crippen LogP contribution in [-0.2, 0) is 30.1 Å². The zero-order valence-corrected chi connectivity index (χ0v) is 22.8. The van der Waals surface area contributed by atoms with Crippen molar-refractivity contribution in [2.24, 2.45) is 0 Å². The molecule has 0 aromatic heterocycles. The van der Waals surface area contributed by atoms with Gasteiger partial charge in [0.15, 0.2) is 8.32 Å². The number of rotatable bonds is 8. The number of nitrogens with zero attached hydrogens (tertiary/aromatic N) is 1. The van der Waals surface area contributed by atoms with E-state index >= 15 is 0 Å². The normalized spacial score (nSPS) is 18.0. The second-order valence-electron chi connectivity index (χ2n) is 9.96. The van der Waals surface area contributed by atoms with Crippen LogP contribution in [0.4, 0.5) is 18.0 Å². The number of hydrogen-bond acceptors (Lipinski definition) is 6. The van der Waals surface area contributed by atoms with Gasteiger partial charge in [0.1, 0.15) is 12.4 Å². The Balaban J connectivity index is 2.32. The first kappa shape index (κ1) is 29.2. The van der Waals surface area contributed by atoms with Gasteiger partial charge in [-0.15, -0.1) is 0 Å². The number of benzene rings is 1. The highest BCUT2D eigenvalue weighted by atomic mass is 32.2. The molecule has 1 atom stereocenters. The summed E-state index contributed by atoms with van der Waals surface area (Å²) < 4.78 is 78.6. The van der Waals surface area contributed by atoms with E-state index in [1.807, 2.05) is 52.1 Å². The summed E-state index contributed by atoms with van der Waals surface area (Å²) in [6, 6.07) is 8.28. The number of halogens is 3. The van der Waals surface area contributed by atoms with Gasteiger partial charge in [0.25, 0.3) is 0 Å². The minimum absolute atomic E-state index is 0.00679. The molecule has 1 aliphatic heterocycles. The molecule has 1 unspecified atom stereocenters. The molecule has 0 saturated heterocycles. The van der Waals surface area contributed by atoms with Gasteiger partial charge in [-0.05, 0) is 35.7 Å². The van der Waals surface area contributed by atoms with Gasteiger partial charge in [0, 0.05) is 13.0 Å². The van der Waals surface area contributed by atoms with Gasteiger partial charge < -0.3 is 13.3 Å². The predicted octanol–water partition coefficient (Wildman–Crippen LogP) is 5.95. The average Bonchev–Trinajstić information content (AvgIpc) is 2.75.